The van der Waals surface area contributed by atoms with E-state index in [1.807, 2.05) is 6.07 Å². The molecule has 1 aromatic rings. The Kier molecular flexibility index (Phi) is 5.87. The molecule has 1 rings (SSSR count). The summed E-state index contributed by atoms with van der Waals surface area (Å²) in [5, 5.41) is 2.84. The van der Waals surface area contributed by atoms with Gasteiger partial charge < -0.3 is 10.1 Å². The standard InChI is InChI=1S/C13H19NO3S2/c1-13(2,3)18-8-11(15)14-7-9-5-6-10(19-9)12(16)17-4/h5-6H,7-8H2,1-4H3,(H,14,15). The van der Waals surface area contributed by atoms with Crippen molar-refractivity contribution >= 4 is 35.0 Å². The highest BCUT2D eigenvalue weighted by Crippen LogP contribution is 2.22. The normalized spacial score (nSPS) is 11.2. The van der Waals surface area contributed by atoms with Crippen LogP contribution in [0, 0.1) is 0 Å². The Labute approximate surface area is 121 Å². The van der Waals surface area contributed by atoms with Crippen molar-refractivity contribution in [2.24, 2.45) is 0 Å². The second-order valence-electron chi connectivity index (χ2n) is 4.94. The Morgan fingerprint density at radius 1 is 1.37 bits per heavy atom. The quantitative estimate of drug-likeness (QED) is 0.850. The van der Waals surface area contributed by atoms with E-state index in [0.717, 1.165) is 4.88 Å². The second kappa shape index (κ2) is 6.96. The number of thioether (sulfide) groups is 1. The Morgan fingerprint density at radius 3 is 2.63 bits per heavy atom. The van der Waals surface area contributed by atoms with Gasteiger partial charge in [0.2, 0.25) is 5.91 Å². The van der Waals surface area contributed by atoms with Crippen LogP contribution in [0.3, 0.4) is 0 Å². The van der Waals surface area contributed by atoms with Crippen LogP contribution in [0.4, 0.5) is 0 Å². The zero-order chi connectivity index (χ0) is 14.5. The van der Waals surface area contributed by atoms with Crippen LogP contribution >= 0.6 is 23.1 Å². The number of esters is 1. The maximum Gasteiger partial charge on any atom is 0.348 e. The average molecular weight is 301 g/mol. The topological polar surface area (TPSA) is 55.4 Å². The minimum atomic E-state index is -0.342. The molecule has 0 fully saturated rings. The van der Waals surface area contributed by atoms with Gasteiger partial charge in [-0.05, 0) is 12.1 Å². The minimum absolute atomic E-state index is 0.00735. The molecule has 0 saturated carbocycles. The van der Waals surface area contributed by atoms with Crippen molar-refractivity contribution in [3.8, 4) is 0 Å². The fourth-order valence-electron chi connectivity index (χ4n) is 1.20. The summed E-state index contributed by atoms with van der Waals surface area (Å²) >= 11 is 2.94. The number of methoxy groups -OCH3 is 1. The number of rotatable bonds is 5. The van der Waals surface area contributed by atoms with Crippen molar-refractivity contribution in [1.29, 1.82) is 0 Å². The summed E-state index contributed by atoms with van der Waals surface area (Å²) in [4.78, 5) is 24.4. The number of carbonyl (C=O) groups excluding carboxylic acids is 2. The Hall–Kier alpha value is -1.01. The highest BCUT2D eigenvalue weighted by atomic mass is 32.2. The summed E-state index contributed by atoms with van der Waals surface area (Å²) in [6, 6.07) is 3.54. The largest absolute Gasteiger partial charge is 0.465 e. The smallest absolute Gasteiger partial charge is 0.348 e. The van der Waals surface area contributed by atoms with Crippen molar-refractivity contribution < 1.29 is 14.3 Å². The summed E-state index contributed by atoms with van der Waals surface area (Å²) in [6.07, 6.45) is 0. The Balaban J connectivity index is 2.38. The summed E-state index contributed by atoms with van der Waals surface area (Å²) in [5.74, 6) is 0.109. The van der Waals surface area contributed by atoms with Crippen molar-refractivity contribution in [3.63, 3.8) is 0 Å². The van der Waals surface area contributed by atoms with E-state index in [0.29, 0.717) is 17.2 Å². The van der Waals surface area contributed by atoms with Crippen LogP contribution in [0.1, 0.15) is 35.3 Å². The van der Waals surface area contributed by atoms with Crippen molar-refractivity contribution in [3.05, 3.63) is 21.9 Å². The summed E-state index contributed by atoms with van der Waals surface area (Å²) in [7, 11) is 1.35. The van der Waals surface area contributed by atoms with Gasteiger partial charge in [-0.3, -0.25) is 4.79 Å². The first-order chi connectivity index (χ1) is 8.81. The number of thiophene rings is 1. The molecule has 1 amide bonds. The van der Waals surface area contributed by atoms with Crippen LogP contribution in [0.25, 0.3) is 0 Å². The van der Waals surface area contributed by atoms with Gasteiger partial charge in [-0.15, -0.1) is 23.1 Å². The van der Waals surface area contributed by atoms with Crippen LogP contribution < -0.4 is 5.32 Å². The average Bonchev–Trinajstić information content (AvgIpc) is 2.80. The van der Waals surface area contributed by atoms with Crippen LogP contribution in [-0.4, -0.2) is 29.5 Å². The molecule has 6 heteroatoms. The molecule has 106 valence electrons. The van der Waals surface area contributed by atoms with Crippen LogP contribution in [0.2, 0.25) is 0 Å². The van der Waals surface area contributed by atoms with Crippen LogP contribution in [-0.2, 0) is 16.1 Å². The van der Waals surface area contributed by atoms with E-state index in [1.165, 1.54) is 18.4 Å². The van der Waals surface area contributed by atoms with E-state index >= 15 is 0 Å². The monoisotopic (exact) mass is 301 g/mol. The molecule has 0 aliphatic carbocycles. The zero-order valence-corrected chi connectivity index (χ0v) is 13.2. The number of hydrogen-bond donors (Lipinski definition) is 1. The van der Waals surface area contributed by atoms with Crippen molar-refractivity contribution in [1.82, 2.24) is 5.32 Å². The third-order valence-electron chi connectivity index (χ3n) is 2.14. The lowest BCUT2D eigenvalue weighted by molar-refractivity contribution is -0.118. The molecule has 0 unspecified atom stereocenters. The SMILES string of the molecule is COC(=O)c1ccc(CNC(=O)CSC(C)(C)C)s1. The predicted molar refractivity (Wildman–Crippen MR) is 79.7 cm³/mol. The lowest BCUT2D eigenvalue weighted by Gasteiger charge is -2.16. The van der Waals surface area contributed by atoms with E-state index in [-0.39, 0.29) is 16.6 Å². The molecule has 0 aliphatic heterocycles. The predicted octanol–water partition coefficient (Wildman–Crippen LogP) is 2.68. The molecule has 0 aliphatic rings. The van der Waals surface area contributed by atoms with Gasteiger partial charge >= 0.3 is 5.97 Å². The van der Waals surface area contributed by atoms with Gasteiger partial charge in [0.15, 0.2) is 0 Å². The van der Waals surface area contributed by atoms with Gasteiger partial charge in [0.1, 0.15) is 4.88 Å². The maximum atomic E-state index is 11.6. The van der Waals surface area contributed by atoms with E-state index in [2.05, 4.69) is 30.8 Å². The zero-order valence-electron chi connectivity index (χ0n) is 11.6. The third kappa shape index (κ3) is 6.11. The summed E-state index contributed by atoms with van der Waals surface area (Å²) < 4.78 is 4.71. The molecule has 0 spiro atoms. The van der Waals surface area contributed by atoms with Gasteiger partial charge in [-0.2, -0.15) is 0 Å². The molecule has 0 saturated heterocycles. The van der Waals surface area contributed by atoms with Crippen LogP contribution in [0.15, 0.2) is 12.1 Å². The van der Waals surface area contributed by atoms with E-state index in [4.69, 9.17) is 0 Å². The van der Waals surface area contributed by atoms with Crippen LogP contribution in [0.5, 0.6) is 0 Å². The molecular weight excluding hydrogens is 282 g/mol. The molecule has 0 atom stereocenters. The Bertz CT molecular complexity index is 449. The fourth-order valence-corrected chi connectivity index (χ4v) is 2.73. The van der Waals surface area contributed by atoms with Gasteiger partial charge in [-0.25, -0.2) is 4.79 Å². The van der Waals surface area contributed by atoms with Gasteiger partial charge in [-0.1, -0.05) is 20.8 Å². The number of nitrogens with one attached hydrogen (secondary N) is 1. The number of hydrogen-bond acceptors (Lipinski definition) is 5. The Morgan fingerprint density at radius 2 is 2.05 bits per heavy atom. The van der Waals surface area contributed by atoms with Gasteiger partial charge in [0.25, 0.3) is 0 Å². The maximum absolute atomic E-state index is 11.6. The second-order valence-corrected chi connectivity index (χ2v) is 7.91. The van der Waals surface area contributed by atoms with Gasteiger partial charge in [0.05, 0.1) is 19.4 Å². The first-order valence-electron chi connectivity index (χ1n) is 5.89. The minimum Gasteiger partial charge on any atom is -0.465 e. The molecule has 1 aromatic heterocycles. The highest BCUT2D eigenvalue weighted by Gasteiger charge is 2.14. The van der Waals surface area contributed by atoms with E-state index < -0.39 is 0 Å². The molecule has 19 heavy (non-hydrogen) atoms. The molecule has 4 nitrogen and oxygen atoms in total. The lowest BCUT2D eigenvalue weighted by Crippen LogP contribution is -2.26. The molecule has 0 aromatic carbocycles. The first kappa shape index (κ1) is 16.0. The van der Waals surface area contributed by atoms with E-state index in [1.54, 1.807) is 17.8 Å². The molecular formula is C13H19NO3S2. The third-order valence-corrected chi connectivity index (χ3v) is 4.48. The molecule has 1 N–H and O–H groups in total. The molecule has 0 bridgehead atoms. The van der Waals surface area contributed by atoms with Crippen molar-refractivity contribution in [2.75, 3.05) is 12.9 Å². The number of carbonyl (C=O) groups is 2. The number of ether oxygens (including phenoxy) is 1. The van der Waals surface area contributed by atoms with Gasteiger partial charge in [0, 0.05) is 9.62 Å². The van der Waals surface area contributed by atoms with E-state index in [9.17, 15) is 9.59 Å². The summed E-state index contributed by atoms with van der Waals surface area (Å²) in [6.45, 7) is 6.68. The first-order valence-corrected chi connectivity index (χ1v) is 7.70. The van der Waals surface area contributed by atoms with Crippen molar-refractivity contribution in [2.45, 2.75) is 32.1 Å². The lowest BCUT2D eigenvalue weighted by atomic mass is 10.3. The summed E-state index contributed by atoms with van der Waals surface area (Å²) in [5.41, 5.74) is 0. The highest BCUT2D eigenvalue weighted by molar-refractivity contribution is 8.01. The molecule has 1 heterocycles. The number of amides is 1. The fraction of sp³-hybridized carbons (Fsp3) is 0.538. The molecule has 0 radical (unpaired) electrons.